The van der Waals surface area contributed by atoms with Crippen molar-refractivity contribution in [3.05, 3.63) is 69.7 Å². The van der Waals surface area contributed by atoms with E-state index in [1.54, 1.807) is 24.3 Å². The highest BCUT2D eigenvalue weighted by molar-refractivity contribution is 9.10. The molecule has 1 heterocycles. The molecule has 3 aromatic rings. The fraction of sp³-hybridized carbons (Fsp3) is 0.118. The van der Waals surface area contributed by atoms with Gasteiger partial charge in [-0.05, 0) is 36.4 Å². The molecule has 0 saturated heterocycles. The second-order valence-electron chi connectivity index (χ2n) is 5.05. The van der Waals surface area contributed by atoms with Gasteiger partial charge in [0.15, 0.2) is 12.4 Å². The number of hydrogen-bond donors (Lipinski definition) is 1. The highest BCUT2D eigenvalue weighted by Gasteiger charge is 2.12. The van der Waals surface area contributed by atoms with Crippen molar-refractivity contribution in [3.63, 3.8) is 0 Å². The van der Waals surface area contributed by atoms with Crippen molar-refractivity contribution in [2.45, 2.75) is 13.0 Å². The molecule has 3 rings (SSSR count). The molecule has 0 fully saturated rings. The van der Waals surface area contributed by atoms with Gasteiger partial charge in [0, 0.05) is 4.47 Å². The van der Waals surface area contributed by atoms with E-state index in [-0.39, 0.29) is 24.8 Å². The third-order valence-electron chi connectivity index (χ3n) is 3.15. The van der Waals surface area contributed by atoms with E-state index < -0.39 is 0 Å². The molecule has 6 nitrogen and oxygen atoms in total. The van der Waals surface area contributed by atoms with Gasteiger partial charge in [-0.1, -0.05) is 44.8 Å². The SMILES string of the molecule is O=C(Cc1noc(COc2ccc(Br)cc2)n1)Nc1ccccc1Cl. The van der Waals surface area contributed by atoms with E-state index in [2.05, 4.69) is 31.4 Å². The number of carbonyl (C=O) groups excluding carboxylic acids is 1. The molecule has 0 spiro atoms. The maximum absolute atomic E-state index is 12.0. The first-order valence-electron chi connectivity index (χ1n) is 7.34. The molecule has 1 N–H and O–H groups in total. The average Bonchev–Trinajstić information content (AvgIpc) is 3.04. The number of aromatic nitrogens is 2. The Hall–Kier alpha value is -2.38. The number of nitrogens with zero attached hydrogens (tertiary/aromatic N) is 2. The summed E-state index contributed by atoms with van der Waals surface area (Å²) in [4.78, 5) is 16.2. The number of benzene rings is 2. The third kappa shape index (κ3) is 5.04. The summed E-state index contributed by atoms with van der Waals surface area (Å²) in [5, 5.41) is 6.95. The Morgan fingerprint density at radius 1 is 1.20 bits per heavy atom. The molecule has 0 aliphatic carbocycles. The van der Waals surface area contributed by atoms with Crippen molar-refractivity contribution >= 4 is 39.1 Å². The topological polar surface area (TPSA) is 77.2 Å². The zero-order chi connectivity index (χ0) is 17.6. The van der Waals surface area contributed by atoms with Crippen molar-refractivity contribution < 1.29 is 14.1 Å². The van der Waals surface area contributed by atoms with E-state index in [1.165, 1.54) is 0 Å². The Balaban J connectivity index is 1.53. The summed E-state index contributed by atoms with van der Waals surface area (Å²) in [7, 11) is 0. The average molecular weight is 423 g/mol. The number of rotatable bonds is 6. The third-order valence-corrected chi connectivity index (χ3v) is 4.01. The van der Waals surface area contributed by atoms with Crippen LogP contribution in [-0.2, 0) is 17.8 Å². The van der Waals surface area contributed by atoms with E-state index >= 15 is 0 Å². The van der Waals surface area contributed by atoms with Gasteiger partial charge in [0.05, 0.1) is 17.1 Å². The van der Waals surface area contributed by atoms with Crippen LogP contribution in [0.4, 0.5) is 5.69 Å². The predicted octanol–water partition coefficient (Wildman–Crippen LogP) is 4.25. The Labute approximate surface area is 157 Å². The predicted molar refractivity (Wildman–Crippen MR) is 96.6 cm³/mol. The zero-order valence-corrected chi connectivity index (χ0v) is 15.3. The highest BCUT2D eigenvalue weighted by atomic mass is 79.9. The van der Waals surface area contributed by atoms with Crippen LogP contribution in [0.3, 0.4) is 0 Å². The molecular weight excluding hydrogens is 410 g/mol. The fourth-order valence-corrected chi connectivity index (χ4v) is 2.44. The Bertz CT molecular complexity index is 868. The minimum Gasteiger partial charge on any atom is -0.484 e. The van der Waals surface area contributed by atoms with Gasteiger partial charge < -0.3 is 14.6 Å². The van der Waals surface area contributed by atoms with E-state index in [0.29, 0.717) is 22.4 Å². The van der Waals surface area contributed by atoms with Crippen LogP contribution < -0.4 is 10.1 Å². The highest BCUT2D eigenvalue weighted by Crippen LogP contribution is 2.20. The molecule has 1 amide bonds. The smallest absolute Gasteiger partial charge is 0.264 e. The van der Waals surface area contributed by atoms with Crippen LogP contribution in [0, 0.1) is 0 Å². The summed E-state index contributed by atoms with van der Waals surface area (Å²) >= 11 is 9.35. The first-order valence-corrected chi connectivity index (χ1v) is 8.51. The van der Waals surface area contributed by atoms with E-state index in [1.807, 2.05) is 24.3 Å². The van der Waals surface area contributed by atoms with Crippen molar-refractivity contribution in [1.29, 1.82) is 0 Å². The van der Waals surface area contributed by atoms with Crippen molar-refractivity contribution in [3.8, 4) is 5.75 Å². The number of nitrogens with one attached hydrogen (secondary N) is 1. The van der Waals surface area contributed by atoms with Gasteiger partial charge in [0.2, 0.25) is 5.91 Å². The quantitative estimate of drug-likeness (QED) is 0.643. The normalized spacial score (nSPS) is 10.5. The lowest BCUT2D eigenvalue weighted by molar-refractivity contribution is -0.115. The van der Waals surface area contributed by atoms with Crippen LogP contribution in [-0.4, -0.2) is 16.0 Å². The van der Waals surface area contributed by atoms with Gasteiger partial charge >= 0.3 is 0 Å². The number of para-hydroxylation sites is 1. The summed E-state index contributed by atoms with van der Waals surface area (Å²) in [5.74, 6) is 0.969. The fourth-order valence-electron chi connectivity index (χ4n) is 2.00. The molecule has 0 atom stereocenters. The number of anilines is 1. The Morgan fingerprint density at radius 3 is 2.72 bits per heavy atom. The van der Waals surface area contributed by atoms with Crippen molar-refractivity contribution in [2.75, 3.05) is 5.32 Å². The molecule has 0 aliphatic rings. The molecule has 0 bridgehead atoms. The lowest BCUT2D eigenvalue weighted by atomic mass is 10.3. The molecule has 0 radical (unpaired) electrons. The molecule has 128 valence electrons. The van der Waals surface area contributed by atoms with Crippen LogP contribution in [0.5, 0.6) is 5.75 Å². The summed E-state index contributed by atoms with van der Waals surface area (Å²) in [6.07, 6.45) is -0.0208. The zero-order valence-electron chi connectivity index (χ0n) is 12.9. The number of halogens is 2. The molecule has 1 aromatic heterocycles. The summed E-state index contributed by atoms with van der Waals surface area (Å²) in [5.41, 5.74) is 0.538. The minimum absolute atomic E-state index is 0.0208. The lowest BCUT2D eigenvalue weighted by Gasteiger charge is -2.04. The number of hydrogen-bond acceptors (Lipinski definition) is 5. The number of ether oxygens (including phenoxy) is 1. The van der Waals surface area contributed by atoms with Crippen LogP contribution in [0.1, 0.15) is 11.7 Å². The number of carbonyl (C=O) groups is 1. The van der Waals surface area contributed by atoms with Crippen LogP contribution in [0.25, 0.3) is 0 Å². The minimum atomic E-state index is -0.283. The lowest BCUT2D eigenvalue weighted by Crippen LogP contribution is -2.15. The number of amides is 1. The van der Waals surface area contributed by atoms with E-state index in [0.717, 1.165) is 4.47 Å². The maximum Gasteiger partial charge on any atom is 0.264 e. The molecular formula is C17H13BrClN3O3. The standard InChI is InChI=1S/C17H13BrClN3O3/c18-11-5-7-12(8-6-11)24-10-17-21-15(22-25-17)9-16(23)20-14-4-2-1-3-13(14)19/h1-8H,9-10H2,(H,20,23). The first-order chi connectivity index (χ1) is 12.1. The molecule has 0 saturated carbocycles. The van der Waals surface area contributed by atoms with E-state index in [4.69, 9.17) is 20.9 Å². The van der Waals surface area contributed by atoms with Crippen LogP contribution in [0.2, 0.25) is 5.02 Å². The Kier molecular flexibility index (Phi) is 5.67. The van der Waals surface area contributed by atoms with Gasteiger partial charge in [0.25, 0.3) is 5.89 Å². The summed E-state index contributed by atoms with van der Waals surface area (Å²) in [6.45, 7) is 0.126. The molecule has 0 aliphatic heterocycles. The van der Waals surface area contributed by atoms with Gasteiger partial charge in [-0.15, -0.1) is 0 Å². The molecule has 8 heteroatoms. The summed E-state index contributed by atoms with van der Waals surface area (Å²) in [6, 6.07) is 14.4. The largest absolute Gasteiger partial charge is 0.484 e. The first kappa shape index (κ1) is 17.4. The van der Waals surface area contributed by atoms with Gasteiger partial charge in [-0.2, -0.15) is 4.98 Å². The van der Waals surface area contributed by atoms with E-state index in [9.17, 15) is 4.79 Å². The maximum atomic E-state index is 12.0. The molecule has 2 aromatic carbocycles. The molecule has 25 heavy (non-hydrogen) atoms. The van der Waals surface area contributed by atoms with Gasteiger partial charge in [0.1, 0.15) is 5.75 Å². The monoisotopic (exact) mass is 421 g/mol. The van der Waals surface area contributed by atoms with Crippen LogP contribution >= 0.6 is 27.5 Å². The Morgan fingerprint density at radius 2 is 1.96 bits per heavy atom. The van der Waals surface area contributed by atoms with Gasteiger partial charge in [-0.25, -0.2) is 0 Å². The second-order valence-corrected chi connectivity index (χ2v) is 6.37. The summed E-state index contributed by atoms with van der Waals surface area (Å²) < 4.78 is 11.6. The van der Waals surface area contributed by atoms with Crippen molar-refractivity contribution in [2.24, 2.45) is 0 Å². The van der Waals surface area contributed by atoms with Crippen LogP contribution in [0.15, 0.2) is 57.5 Å². The second kappa shape index (κ2) is 8.13. The van der Waals surface area contributed by atoms with Crippen molar-refractivity contribution in [1.82, 2.24) is 10.1 Å². The van der Waals surface area contributed by atoms with Gasteiger partial charge in [-0.3, -0.25) is 4.79 Å². The molecule has 0 unspecified atom stereocenters.